The fourth-order valence-electron chi connectivity index (χ4n) is 3.17. The fraction of sp³-hybridized carbons (Fsp3) is 0.450. The molecule has 1 aliphatic heterocycles. The van der Waals surface area contributed by atoms with Gasteiger partial charge in [-0.1, -0.05) is 26.0 Å². The van der Waals surface area contributed by atoms with Gasteiger partial charge >= 0.3 is 0 Å². The van der Waals surface area contributed by atoms with Gasteiger partial charge in [-0.25, -0.2) is 9.97 Å². The van der Waals surface area contributed by atoms with Gasteiger partial charge in [-0.2, -0.15) is 0 Å². The Labute approximate surface area is 149 Å². The van der Waals surface area contributed by atoms with Crippen molar-refractivity contribution < 1.29 is 4.79 Å². The second-order valence-corrected chi connectivity index (χ2v) is 6.73. The zero-order valence-electron chi connectivity index (χ0n) is 15.0. The Morgan fingerprint density at radius 3 is 2.44 bits per heavy atom. The summed E-state index contributed by atoms with van der Waals surface area (Å²) in [5.74, 6) is 1.47. The van der Waals surface area contributed by atoms with E-state index in [0.717, 1.165) is 44.0 Å². The van der Waals surface area contributed by atoms with E-state index >= 15 is 0 Å². The van der Waals surface area contributed by atoms with Crippen LogP contribution in [0.1, 0.15) is 44.6 Å². The van der Waals surface area contributed by atoms with Crippen molar-refractivity contribution in [2.45, 2.75) is 39.0 Å². The summed E-state index contributed by atoms with van der Waals surface area (Å²) in [5, 5.41) is 3.06. The van der Waals surface area contributed by atoms with Crippen LogP contribution < -0.4 is 10.2 Å². The smallest absolute Gasteiger partial charge is 0.227 e. The lowest BCUT2D eigenvalue weighted by Crippen LogP contribution is -2.39. The van der Waals surface area contributed by atoms with Crippen LogP contribution in [0.4, 0.5) is 11.6 Å². The number of rotatable bonds is 5. The fourth-order valence-corrected chi connectivity index (χ4v) is 3.17. The van der Waals surface area contributed by atoms with Gasteiger partial charge in [-0.3, -0.25) is 4.79 Å². The first-order chi connectivity index (χ1) is 12.2. The molecular weight excluding hydrogens is 312 g/mol. The average Bonchev–Trinajstić information content (AvgIpc) is 2.68. The highest BCUT2D eigenvalue weighted by Crippen LogP contribution is 2.23. The van der Waals surface area contributed by atoms with Gasteiger partial charge in [0.15, 0.2) is 0 Å². The second kappa shape index (κ2) is 8.10. The summed E-state index contributed by atoms with van der Waals surface area (Å²) in [5.41, 5.74) is 2.20. The lowest BCUT2D eigenvalue weighted by molar-refractivity contribution is -0.120. The molecule has 1 N–H and O–H groups in total. The monoisotopic (exact) mass is 338 g/mol. The quantitative estimate of drug-likeness (QED) is 0.900. The molecule has 0 unspecified atom stereocenters. The predicted octanol–water partition coefficient (Wildman–Crippen LogP) is 3.85. The van der Waals surface area contributed by atoms with Gasteiger partial charge in [0, 0.05) is 37.1 Å². The third-order valence-electron chi connectivity index (χ3n) is 5.06. The average molecular weight is 338 g/mol. The van der Waals surface area contributed by atoms with Crippen molar-refractivity contribution in [3.05, 3.63) is 48.3 Å². The number of amides is 1. The second-order valence-electron chi connectivity index (χ2n) is 6.73. The predicted molar refractivity (Wildman–Crippen MR) is 101 cm³/mol. The molecule has 2 aromatic rings. The van der Waals surface area contributed by atoms with E-state index in [-0.39, 0.29) is 11.8 Å². The van der Waals surface area contributed by atoms with Crippen molar-refractivity contribution in [1.29, 1.82) is 0 Å². The Bertz CT molecular complexity index is 679. The summed E-state index contributed by atoms with van der Waals surface area (Å²) in [6.45, 7) is 6.04. The Balaban J connectivity index is 1.53. The van der Waals surface area contributed by atoms with E-state index in [1.807, 2.05) is 18.2 Å². The van der Waals surface area contributed by atoms with E-state index in [1.165, 1.54) is 5.56 Å². The standard InChI is InChI=1S/C20H26N4O/c1-3-15(2)16-5-7-18(8-6-16)23-19(25)17-9-13-24(14-10-17)20-21-11-4-12-22-20/h4-8,11-12,15,17H,3,9-10,13-14H2,1-2H3,(H,23,25)/t15-/m1/s1. The van der Waals surface area contributed by atoms with E-state index in [1.54, 1.807) is 12.4 Å². The molecule has 1 aromatic carbocycles. The van der Waals surface area contributed by atoms with Gasteiger partial charge in [0.1, 0.15) is 0 Å². The van der Waals surface area contributed by atoms with Crippen LogP contribution in [-0.2, 0) is 4.79 Å². The maximum absolute atomic E-state index is 12.5. The Morgan fingerprint density at radius 2 is 1.84 bits per heavy atom. The summed E-state index contributed by atoms with van der Waals surface area (Å²) in [7, 11) is 0. The van der Waals surface area contributed by atoms with E-state index < -0.39 is 0 Å². The van der Waals surface area contributed by atoms with Gasteiger partial charge in [-0.05, 0) is 48.9 Å². The summed E-state index contributed by atoms with van der Waals surface area (Å²) >= 11 is 0. The van der Waals surface area contributed by atoms with Crippen molar-refractivity contribution in [3.63, 3.8) is 0 Å². The summed E-state index contributed by atoms with van der Waals surface area (Å²) < 4.78 is 0. The van der Waals surface area contributed by atoms with Crippen molar-refractivity contribution in [2.75, 3.05) is 23.3 Å². The molecule has 1 aromatic heterocycles. The molecule has 25 heavy (non-hydrogen) atoms. The number of nitrogens with one attached hydrogen (secondary N) is 1. The van der Waals surface area contributed by atoms with Crippen LogP contribution in [0.3, 0.4) is 0 Å². The van der Waals surface area contributed by atoms with Crippen molar-refractivity contribution in [2.24, 2.45) is 5.92 Å². The minimum Gasteiger partial charge on any atom is -0.341 e. The third kappa shape index (κ3) is 4.35. The molecule has 1 saturated heterocycles. The highest BCUT2D eigenvalue weighted by Gasteiger charge is 2.26. The van der Waals surface area contributed by atoms with Gasteiger partial charge < -0.3 is 10.2 Å². The maximum Gasteiger partial charge on any atom is 0.227 e. The highest BCUT2D eigenvalue weighted by molar-refractivity contribution is 5.92. The first-order valence-corrected chi connectivity index (χ1v) is 9.10. The number of carbonyl (C=O) groups is 1. The largest absolute Gasteiger partial charge is 0.341 e. The first kappa shape index (κ1) is 17.4. The molecule has 0 radical (unpaired) electrons. The van der Waals surface area contributed by atoms with Crippen LogP contribution in [0.25, 0.3) is 0 Å². The van der Waals surface area contributed by atoms with Gasteiger partial charge in [0.25, 0.3) is 0 Å². The number of benzene rings is 1. The number of piperidine rings is 1. The number of carbonyl (C=O) groups excluding carboxylic acids is 1. The third-order valence-corrected chi connectivity index (χ3v) is 5.06. The van der Waals surface area contributed by atoms with E-state index in [9.17, 15) is 4.79 Å². The molecule has 1 aliphatic rings. The lowest BCUT2D eigenvalue weighted by atomic mass is 9.95. The van der Waals surface area contributed by atoms with E-state index in [4.69, 9.17) is 0 Å². The van der Waals surface area contributed by atoms with Crippen LogP contribution in [0.2, 0.25) is 0 Å². The van der Waals surface area contributed by atoms with Crippen LogP contribution in [-0.4, -0.2) is 29.0 Å². The molecule has 0 aliphatic carbocycles. The minimum absolute atomic E-state index is 0.0502. The molecule has 1 amide bonds. The zero-order valence-corrected chi connectivity index (χ0v) is 15.0. The Morgan fingerprint density at radius 1 is 1.20 bits per heavy atom. The van der Waals surface area contributed by atoms with Crippen LogP contribution in [0, 0.1) is 5.92 Å². The minimum atomic E-state index is 0.0502. The summed E-state index contributed by atoms with van der Waals surface area (Å²) in [6, 6.07) is 10.0. The highest BCUT2D eigenvalue weighted by atomic mass is 16.1. The normalized spacial score (nSPS) is 16.5. The molecule has 0 bridgehead atoms. The first-order valence-electron chi connectivity index (χ1n) is 9.10. The van der Waals surface area contributed by atoms with E-state index in [0.29, 0.717) is 5.92 Å². The molecular formula is C20H26N4O. The molecule has 3 rings (SSSR count). The van der Waals surface area contributed by atoms with Gasteiger partial charge in [0.05, 0.1) is 0 Å². The molecule has 1 fully saturated rings. The lowest BCUT2D eigenvalue weighted by Gasteiger charge is -2.31. The number of anilines is 2. The molecule has 5 heteroatoms. The molecule has 0 saturated carbocycles. The zero-order chi connectivity index (χ0) is 17.6. The van der Waals surface area contributed by atoms with Crippen LogP contribution >= 0.6 is 0 Å². The molecule has 132 valence electrons. The molecule has 1 atom stereocenters. The maximum atomic E-state index is 12.5. The number of aromatic nitrogens is 2. The van der Waals surface area contributed by atoms with Gasteiger partial charge in [-0.15, -0.1) is 0 Å². The van der Waals surface area contributed by atoms with Crippen LogP contribution in [0.5, 0.6) is 0 Å². The Hall–Kier alpha value is -2.43. The van der Waals surface area contributed by atoms with Crippen molar-refractivity contribution >= 4 is 17.5 Å². The molecule has 2 heterocycles. The number of nitrogens with zero attached hydrogens (tertiary/aromatic N) is 3. The van der Waals surface area contributed by atoms with Crippen LogP contribution in [0.15, 0.2) is 42.7 Å². The van der Waals surface area contributed by atoms with E-state index in [2.05, 4.69) is 46.2 Å². The summed E-state index contributed by atoms with van der Waals surface area (Å²) in [4.78, 5) is 23.2. The topological polar surface area (TPSA) is 58.1 Å². The molecule has 0 spiro atoms. The van der Waals surface area contributed by atoms with Crippen molar-refractivity contribution in [1.82, 2.24) is 9.97 Å². The van der Waals surface area contributed by atoms with Gasteiger partial charge in [0.2, 0.25) is 11.9 Å². The number of hydrogen-bond donors (Lipinski definition) is 1. The van der Waals surface area contributed by atoms with Crippen molar-refractivity contribution in [3.8, 4) is 0 Å². The summed E-state index contributed by atoms with van der Waals surface area (Å²) in [6.07, 6.45) is 6.29. The Kier molecular flexibility index (Phi) is 5.64. The SMILES string of the molecule is CC[C@@H](C)c1ccc(NC(=O)C2CCN(c3ncccn3)CC2)cc1. The molecule has 5 nitrogen and oxygen atoms in total. The number of hydrogen-bond acceptors (Lipinski definition) is 4.